The van der Waals surface area contributed by atoms with Crippen molar-refractivity contribution in [2.45, 2.75) is 20.3 Å². The van der Waals surface area contributed by atoms with E-state index in [1.54, 1.807) is 0 Å². The molecule has 0 bridgehead atoms. The Morgan fingerprint density at radius 1 is 0.900 bits per heavy atom. The molecule has 1 aromatic heterocycles. The van der Waals surface area contributed by atoms with Gasteiger partial charge >= 0.3 is 0 Å². The Bertz CT molecular complexity index is 1240. The number of nitrogens with zero attached hydrogens (tertiary/aromatic N) is 2. The lowest BCUT2D eigenvalue weighted by atomic mass is 10.00. The second-order valence-corrected chi connectivity index (χ2v) is 7.89. The fraction of sp³-hybridized carbons (Fsp3) is 0.111. The first-order valence-electron chi connectivity index (χ1n) is 10.2. The first-order valence-corrected chi connectivity index (χ1v) is 11.0. The van der Waals surface area contributed by atoms with Crippen molar-refractivity contribution in [3.05, 3.63) is 101 Å². The number of allylic oxidation sites excluding steroid dienone is 4. The monoisotopic (exact) mass is 454 g/mol. The Morgan fingerprint density at radius 3 is 2.37 bits per heavy atom. The Balaban J connectivity index is 2.00. The summed E-state index contributed by atoms with van der Waals surface area (Å²) in [7, 11) is 0. The van der Waals surface area contributed by atoms with Gasteiger partial charge in [-0.3, -0.25) is 0 Å². The molecule has 0 amide bonds. The van der Waals surface area contributed by atoms with Crippen molar-refractivity contribution in [1.82, 2.24) is 9.97 Å². The highest BCUT2D eigenvalue weighted by Crippen LogP contribution is 2.34. The highest BCUT2D eigenvalue weighted by Gasteiger charge is 2.13. The maximum absolute atomic E-state index is 4.98. The highest BCUT2D eigenvalue weighted by atomic mass is 79.9. The van der Waals surface area contributed by atoms with E-state index in [1.165, 1.54) is 10.8 Å². The molecule has 30 heavy (non-hydrogen) atoms. The molecule has 0 aliphatic carbocycles. The molecule has 4 rings (SSSR count). The summed E-state index contributed by atoms with van der Waals surface area (Å²) in [4.78, 5) is 9.90. The summed E-state index contributed by atoms with van der Waals surface area (Å²) < 4.78 is 1.08. The topological polar surface area (TPSA) is 25.8 Å². The van der Waals surface area contributed by atoms with Crippen molar-refractivity contribution >= 4 is 32.3 Å². The van der Waals surface area contributed by atoms with Gasteiger partial charge in [-0.05, 0) is 41.8 Å². The quantitative estimate of drug-likeness (QED) is 0.284. The molecule has 0 saturated heterocycles. The number of hydrogen-bond donors (Lipinski definition) is 0. The molecule has 1 heterocycles. The lowest BCUT2D eigenvalue weighted by Crippen LogP contribution is -1.98. The van der Waals surface area contributed by atoms with E-state index >= 15 is 0 Å². The standard InChI is InChI=1S/C27H23BrN2/c1-3-10-19(11-4-2)25-18-26(30-27(29-25)20-12-6-5-7-13-20)23-16-17-24(28)22-15-9-8-14-21(22)23/h3,5-18H,4H2,1-2H3/b10-3-,19-11+. The summed E-state index contributed by atoms with van der Waals surface area (Å²) in [5, 5.41) is 2.34. The maximum Gasteiger partial charge on any atom is 0.160 e. The van der Waals surface area contributed by atoms with Crippen molar-refractivity contribution < 1.29 is 0 Å². The summed E-state index contributed by atoms with van der Waals surface area (Å²) in [6.45, 7) is 4.18. The van der Waals surface area contributed by atoms with Crippen LogP contribution in [0.15, 0.2) is 95.5 Å². The van der Waals surface area contributed by atoms with Crippen molar-refractivity contribution in [3.63, 3.8) is 0 Å². The van der Waals surface area contributed by atoms with Crippen LogP contribution in [0.3, 0.4) is 0 Å². The number of rotatable bonds is 5. The van der Waals surface area contributed by atoms with Gasteiger partial charge < -0.3 is 0 Å². The lowest BCUT2D eigenvalue weighted by Gasteiger charge is -2.12. The maximum atomic E-state index is 4.98. The molecule has 2 nitrogen and oxygen atoms in total. The molecule has 0 aliphatic rings. The van der Waals surface area contributed by atoms with E-state index in [-0.39, 0.29) is 0 Å². The largest absolute Gasteiger partial charge is 0.228 e. The number of benzene rings is 3. The summed E-state index contributed by atoms with van der Waals surface area (Å²) >= 11 is 3.68. The molecule has 148 valence electrons. The van der Waals surface area contributed by atoms with Crippen LogP contribution in [0.25, 0.3) is 39.0 Å². The predicted octanol–water partition coefficient (Wildman–Crippen LogP) is 8.10. The molecule has 0 saturated carbocycles. The number of halogens is 1. The van der Waals surface area contributed by atoms with Gasteiger partial charge in [0.2, 0.25) is 0 Å². The van der Waals surface area contributed by atoms with Crippen LogP contribution in [0.1, 0.15) is 26.0 Å². The third-order valence-electron chi connectivity index (χ3n) is 4.97. The summed E-state index contributed by atoms with van der Waals surface area (Å²) in [5.74, 6) is 0.738. The molecular formula is C27H23BrN2. The Hall–Kier alpha value is -3.04. The summed E-state index contributed by atoms with van der Waals surface area (Å²) in [6, 6.07) is 24.9. The Kier molecular flexibility index (Phi) is 6.20. The first-order chi connectivity index (χ1) is 14.7. The van der Waals surface area contributed by atoms with Gasteiger partial charge in [0.1, 0.15) is 0 Å². The van der Waals surface area contributed by atoms with Gasteiger partial charge in [-0.25, -0.2) is 9.97 Å². The average molecular weight is 455 g/mol. The fourth-order valence-corrected chi connectivity index (χ4v) is 4.07. The van der Waals surface area contributed by atoms with Crippen molar-refractivity contribution in [3.8, 4) is 22.6 Å². The molecular weight excluding hydrogens is 432 g/mol. The van der Waals surface area contributed by atoms with Crippen LogP contribution >= 0.6 is 15.9 Å². The minimum Gasteiger partial charge on any atom is -0.228 e. The second kappa shape index (κ2) is 9.19. The van der Waals surface area contributed by atoms with E-state index in [4.69, 9.17) is 9.97 Å². The normalized spacial score (nSPS) is 12.0. The molecule has 4 aromatic rings. The molecule has 3 heteroatoms. The van der Waals surface area contributed by atoms with Gasteiger partial charge in [0.15, 0.2) is 5.82 Å². The van der Waals surface area contributed by atoms with Gasteiger partial charge in [0.25, 0.3) is 0 Å². The molecule has 0 fully saturated rings. The van der Waals surface area contributed by atoms with E-state index in [0.717, 1.165) is 44.8 Å². The van der Waals surface area contributed by atoms with E-state index in [2.05, 4.69) is 95.7 Å². The van der Waals surface area contributed by atoms with Crippen LogP contribution in [0.5, 0.6) is 0 Å². The zero-order chi connectivity index (χ0) is 20.9. The van der Waals surface area contributed by atoms with Crippen LogP contribution in [0, 0.1) is 0 Å². The van der Waals surface area contributed by atoms with Crippen LogP contribution in [0.2, 0.25) is 0 Å². The van der Waals surface area contributed by atoms with Crippen molar-refractivity contribution in [2.75, 3.05) is 0 Å². The van der Waals surface area contributed by atoms with E-state index in [0.29, 0.717) is 0 Å². The molecule has 0 unspecified atom stereocenters. The first kappa shape index (κ1) is 20.2. The lowest BCUT2D eigenvalue weighted by molar-refractivity contribution is 1.15. The van der Waals surface area contributed by atoms with Crippen LogP contribution in [-0.4, -0.2) is 9.97 Å². The SMILES string of the molecule is C/C=C\C(=C/CC)c1cc(-c2ccc(Br)c3ccccc23)nc(-c2ccccc2)n1. The van der Waals surface area contributed by atoms with Crippen molar-refractivity contribution in [2.24, 2.45) is 0 Å². The Morgan fingerprint density at radius 2 is 1.63 bits per heavy atom. The molecule has 0 aliphatic heterocycles. The molecule has 0 radical (unpaired) electrons. The van der Waals surface area contributed by atoms with Crippen LogP contribution in [0.4, 0.5) is 0 Å². The van der Waals surface area contributed by atoms with Gasteiger partial charge in [-0.2, -0.15) is 0 Å². The van der Waals surface area contributed by atoms with E-state index < -0.39 is 0 Å². The number of aromatic nitrogens is 2. The third kappa shape index (κ3) is 4.12. The van der Waals surface area contributed by atoms with E-state index in [9.17, 15) is 0 Å². The van der Waals surface area contributed by atoms with Crippen LogP contribution < -0.4 is 0 Å². The fourth-order valence-electron chi connectivity index (χ4n) is 3.59. The predicted molar refractivity (Wildman–Crippen MR) is 131 cm³/mol. The third-order valence-corrected chi connectivity index (χ3v) is 5.66. The van der Waals surface area contributed by atoms with Gasteiger partial charge in [-0.1, -0.05) is 102 Å². The van der Waals surface area contributed by atoms with E-state index in [1.807, 2.05) is 25.1 Å². The van der Waals surface area contributed by atoms with Gasteiger partial charge in [0, 0.05) is 15.6 Å². The minimum atomic E-state index is 0.738. The minimum absolute atomic E-state index is 0.738. The molecule has 0 spiro atoms. The summed E-state index contributed by atoms with van der Waals surface area (Å²) in [5.41, 5.74) is 5.09. The van der Waals surface area contributed by atoms with Crippen molar-refractivity contribution in [1.29, 1.82) is 0 Å². The van der Waals surface area contributed by atoms with Crippen LogP contribution in [-0.2, 0) is 0 Å². The smallest absolute Gasteiger partial charge is 0.160 e. The second-order valence-electron chi connectivity index (χ2n) is 7.04. The average Bonchev–Trinajstić information content (AvgIpc) is 2.80. The van der Waals surface area contributed by atoms with Gasteiger partial charge in [-0.15, -0.1) is 0 Å². The zero-order valence-electron chi connectivity index (χ0n) is 17.1. The zero-order valence-corrected chi connectivity index (χ0v) is 18.7. The molecule has 3 aromatic carbocycles. The summed E-state index contributed by atoms with van der Waals surface area (Å²) in [6.07, 6.45) is 7.33. The number of hydrogen-bond acceptors (Lipinski definition) is 2. The molecule has 0 N–H and O–H groups in total. The van der Waals surface area contributed by atoms with Gasteiger partial charge in [0.05, 0.1) is 11.4 Å². The Labute approximate surface area is 186 Å². The molecule has 0 atom stereocenters. The number of fused-ring (bicyclic) bond motifs is 1. The highest BCUT2D eigenvalue weighted by molar-refractivity contribution is 9.10.